The van der Waals surface area contributed by atoms with E-state index in [0.29, 0.717) is 24.9 Å². The van der Waals surface area contributed by atoms with Gasteiger partial charge in [0, 0.05) is 13.1 Å². The van der Waals surface area contributed by atoms with Gasteiger partial charge in [-0.25, -0.2) is 9.59 Å². The zero-order valence-corrected chi connectivity index (χ0v) is 11.5. The third-order valence-corrected chi connectivity index (χ3v) is 3.60. The molecule has 0 aromatic rings. The summed E-state index contributed by atoms with van der Waals surface area (Å²) >= 11 is 0. The van der Waals surface area contributed by atoms with E-state index in [0.717, 1.165) is 25.7 Å². The van der Waals surface area contributed by atoms with E-state index in [-0.39, 0.29) is 25.5 Å². The minimum atomic E-state index is -0.386. The number of rotatable bonds is 6. The van der Waals surface area contributed by atoms with Crippen molar-refractivity contribution < 1.29 is 19.8 Å². The first-order valence-corrected chi connectivity index (χ1v) is 6.92. The maximum Gasteiger partial charge on any atom is 0.316 e. The Hall–Kier alpha value is -1.54. The van der Waals surface area contributed by atoms with E-state index in [1.165, 1.54) is 0 Å². The van der Waals surface area contributed by atoms with Gasteiger partial charge in [-0.05, 0) is 24.7 Å². The summed E-state index contributed by atoms with van der Waals surface area (Å²) in [6, 6.07) is -0.773. The largest absolute Gasteiger partial charge is 0.376 e. The maximum absolute atomic E-state index is 11.3. The lowest BCUT2D eigenvalue weighted by atomic mass is 9.79. The number of amides is 4. The van der Waals surface area contributed by atoms with E-state index in [9.17, 15) is 9.59 Å². The van der Waals surface area contributed by atoms with Crippen LogP contribution in [0.5, 0.6) is 0 Å². The van der Waals surface area contributed by atoms with E-state index < -0.39 is 0 Å². The summed E-state index contributed by atoms with van der Waals surface area (Å²) in [5, 5.41) is 27.1. The molecular formula is C12H24N4O4. The second kappa shape index (κ2) is 9.38. The molecule has 0 saturated heterocycles. The minimum Gasteiger partial charge on any atom is -0.376 e. The zero-order valence-electron chi connectivity index (χ0n) is 11.5. The van der Waals surface area contributed by atoms with Gasteiger partial charge < -0.3 is 31.5 Å². The van der Waals surface area contributed by atoms with Crippen molar-refractivity contribution in [1.29, 1.82) is 0 Å². The number of aliphatic hydroxyl groups is 2. The maximum atomic E-state index is 11.3. The van der Waals surface area contributed by atoms with Crippen molar-refractivity contribution >= 4 is 12.1 Å². The van der Waals surface area contributed by atoms with Crippen molar-refractivity contribution in [3.63, 3.8) is 0 Å². The summed E-state index contributed by atoms with van der Waals surface area (Å²) < 4.78 is 0. The molecule has 0 heterocycles. The first kappa shape index (κ1) is 16.5. The molecule has 20 heavy (non-hydrogen) atoms. The van der Waals surface area contributed by atoms with Crippen LogP contribution in [0, 0.1) is 11.8 Å². The highest BCUT2D eigenvalue weighted by molar-refractivity contribution is 5.74. The number of carbonyl (C=O) groups excluding carboxylic acids is 2. The molecule has 0 bridgehead atoms. The van der Waals surface area contributed by atoms with Gasteiger partial charge in [0.15, 0.2) is 0 Å². The van der Waals surface area contributed by atoms with Gasteiger partial charge in [-0.2, -0.15) is 0 Å². The lowest BCUT2D eigenvalue weighted by molar-refractivity contribution is 0.194. The Morgan fingerprint density at radius 3 is 1.55 bits per heavy atom. The quantitative estimate of drug-likeness (QED) is 0.361. The Bertz CT molecular complexity index is 284. The van der Waals surface area contributed by atoms with Crippen molar-refractivity contribution in [2.24, 2.45) is 11.8 Å². The van der Waals surface area contributed by atoms with Crippen LogP contribution in [-0.4, -0.2) is 48.8 Å². The van der Waals surface area contributed by atoms with Gasteiger partial charge in [-0.1, -0.05) is 12.8 Å². The average molecular weight is 288 g/mol. The van der Waals surface area contributed by atoms with Crippen molar-refractivity contribution in [3.8, 4) is 0 Å². The fraction of sp³-hybridized carbons (Fsp3) is 0.833. The van der Waals surface area contributed by atoms with Crippen LogP contribution in [0.15, 0.2) is 0 Å². The van der Waals surface area contributed by atoms with E-state index in [1.54, 1.807) is 0 Å². The normalized spacial score (nSPS) is 21.9. The molecule has 1 fully saturated rings. The number of urea groups is 2. The monoisotopic (exact) mass is 288 g/mol. The van der Waals surface area contributed by atoms with Crippen molar-refractivity contribution in [2.45, 2.75) is 25.7 Å². The van der Waals surface area contributed by atoms with E-state index >= 15 is 0 Å². The molecule has 1 aliphatic rings. The molecule has 0 aromatic heterocycles. The lowest BCUT2D eigenvalue weighted by Crippen LogP contribution is -2.44. The van der Waals surface area contributed by atoms with Gasteiger partial charge in [0.1, 0.15) is 13.5 Å². The predicted molar refractivity (Wildman–Crippen MR) is 72.7 cm³/mol. The third kappa shape index (κ3) is 6.07. The molecule has 1 rings (SSSR count). The zero-order chi connectivity index (χ0) is 14.8. The molecule has 0 aromatic carbocycles. The lowest BCUT2D eigenvalue weighted by Gasteiger charge is -2.31. The van der Waals surface area contributed by atoms with Crippen LogP contribution in [0.4, 0.5) is 9.59 Å². The van der Waals surface area contributed by atoms with Gasteiger partial charge in [-0.15, -0.1) is 0 Å². The standard InChI is InChI=1S/C12H24N4O4/c17-7-15-11(19)13-5-9-3-1-2-4-10(9)6-14-12(20)16-8-18/h9-10,17-18H,1-8H2,(H2,13,15,19)(H2,14,16,20). The van der Waals surface area contributed by atoms with Crippen molar-refractivity contribution in [1.82, 2.24) is 21.3 Å². The first-order valence-electron chi connectivity index (χ1n) is 6.92. The highest BCUT2D eigenvalue weighted by atomic mass is 16.3. The fourth-order valence-electron chi connectivity index (χ4n) is 2.54. The molecule has 0 radical (unpaired) electrons. The van der Waals surface area contributed by atoms with Gasteiger partial charge in [-0.3, -0.25) is 0 Å². The van der Waals surface area contributed by atoms with Crippen LogP contribution in [0.2, 0.25) is 0 Å². The van der Waals surface area contributed by atoms with Crippen LogP contribution in [0.3, 0.4) is 0 Å². The Morgan fingerprint density at radius 1 is 0.800 bits per heavy atom. The van der Waals surface area contributed by atoms with Gasteiger partial charge in [0.05, 0.1) is 0 Å². The molecule has 2 atom stereocenters. The number of carbonyl (C=O) groups is 2. The highest BCUT2D eigenvalue weighted by Gasteiger charge is 2.25. The second-order valence-corrected chi connectivity index (χ2v) is 4.89. The molecular weight excluding hydrogens is 264 g/mol. The van der Waals surface area contributed by atoms with Gasteiger partial charge >= 0.3 is 12.1 Å². The van der Waals surface area contributed by atoms with Crippen molar-refractivity contribution in [2.75, 3.05) is 26.6 Å². The Labute approximate surface area is 118 Å². The topological polar surface area (TPSA) is 123 Å². The molecule has 8 nitrogen and oxygen atoms in total. The SMILES string of the molecule is O=C(NCO)NCC1CCCCC1CNC(=O)NCO. The smallest absolute Gasteiger partial charge is 0.316 e. The number of hydrogen-bond donors (Lipinski definition) is 6. The van der Waals surface area contributed by atoms with Crippen LogP contribution in [0.1, 0.15) is 25.7 Å². The molecule has 4 amide bonds. The summed E-state index contributed by atoms with van der Waals surface area (Å²) in [5.41, 5.74) is 0. The predicted octanol–water partition coefficient (Wildman–Crippen LogP) is -0.709. The van der Waals surface area contributed by atoms with E-state index in [2.05, 4.69) is 21.3 Å². The summed E-state index contributed by atoms with van der Waals surface area (Å²) in [7, 11) is 0. The van der Waals surface area contributed by atoms with Crippen LogP contribution >= 0.6 is 0 Å². The van der Waals surface area contributed by atoms with Crippen LogP contribution in [-0.2, 0) is 0 Å². The third-order valence-electron chi connectivity index (χ3n) is 3.60. The Balaban J connectivity index is 2.33. The summed E-state index contributed by atoms with van der Waals surface area (Å²) in [5.74, 6) is 0.616. The molecule has 1 aliphatic carbocycles. The number of aliphatic hydroxyl groups excluding tert-OH is 2. The number of nitrogens with one attached hydrogen (secondary N) is 4. The first-order chi connectivity index (χ1) is 9.67. The molecule has 8 heteroatoms. The van der Waals surface area contributed by atoms with E-state index in [4.69, 9.17) is 10.2 Å². The van der Waals surface area contributed by atoms with Gasteiger partial charge in [0.25, 0.3) is 0 Å². The summed E-state index contributed by atoms with van der Waals surface area (Å²) in [6.07, 6.45) is 4.25. The minimum absolute atomic E-state index is 0.308. The summed E-state index contributed by atoms with van der Waals surface area (Å²) in [4.78, 5) is 22.5. The molecule has 0 spiro atoms. The molecule has 6 N–H and O–H groups in total. The Kier molecular flexibility index (Phi) is 7.74. The molecule has 2 unspecified atom stereocenters. The van der Waals surface area contributed by atoms with Crippen LogP contribution in [0.25, 0.3) is 0 Å². The Morgan fingerprint density at radius 2 is 1.20 bits per heavy atom. The highest BCUT2D eigenvalue weighted by Crippen LogP contribution is 2.29. The van der Waals surface area contributed by atoms with E-state index in [1.807, 2.05) is 0 Å². The summed E-state index contributed by atoms with van der Waals surface area (Å²) in [6.45, 7) is 0.283. The second-order valence-electron chi connectivity index (χ2n) is 4.89. The number of hydrogen-bond acceptors (Lipinski definition) is 4. The van der Waals surface area contributed by atoms with Crippen molar-refractivity contribution in [3.05, 3.63) is 0 Å². The fourth-order valence-corrected chi connectivity index (χ4v) is 2.54. The molecule has 0 aliphatic heterocycles. The molecule has 116 valence electrons. The molecule has 1 saturated carbocycles. The van der Waals surface area contributed by atoms with Gasteiger partial charge in [0.2, 0.25) is 0 Å². The van der Waals surface area contributed by atoms with Crippen LogP contribution < -0.4 is 21.3 Å². The average Bonchev–Trinajstić information content (AvgIpc) is 2.44.